The summed E-state index contributed by atoms with van der Waals surface area (Å²) in [6.07, 6.45) is 25.5. The molecule has 0 saturated heterocycles. The van der Waals surface area contributed by atoms with E-state index in [4.69, 9.17) is 16.2 Å². The van der Waals surface area contributed by atoms with Gasteiger partial charge in [0.2, 0.25) is 5.91 Å². The minimum absolute atomic E-state index is 0.0571. The van der Waals surface area contributed by atoms with Crippen LogP contribution < -0.4 is 16.8 Å². The fourth-order valence-corrected chi connectivity index (χ4v) is 10.2. The minimum atomic E-state index is 0.0571. The molecule has 4 aliphatic rings. The number of carbonyl (C=O) groups excluding carboxylic acids is 2. The van der Waals surface area contributed by atoms with Crippen molar-refractivity contribution in [2.75, 3.05) is 46.4 Å². The Hall–Kier alpha value is -1.28. The van der Waals surface area contributed by atoms with Gasteiger partial charge >= 0.3 is 0 Å². The van der Waals surface area contributed by atoms with Gasteiger partial charge in [-0.05, 0) is 150 Å². The molecule has 0 aromatic rings. The highest BCUT2D eigenvalue weighted by Crippen LogP contribution is 2.66. The summed E-state index contributed by atoms with van der Waals surface area (Å²) in [4.78, 5) is 24.1. The topological polar surface area (TPSA) is 111 Å². The third-order valence-electron chi connectivity index (χ3n) is 13.2. The molecule has 3 saturated carbocycles. The summed E-state index contributed by atoms with van der Waals surface area (Å²) in [5, 5.41) is 3.32. The number of rotatable bonds is 20. The molecular weight excluding hydrogens is 596 g/mol. The summed E-state index contributed by atoms with van der Waals surface area (Å²) in [7, 11) is 1.91. The lowest BCUT2D eigenvalue weighted by molar-refractivity contribution is -0.132. The van der Waals surface area contributed by atoms with Crippen molar-refractivity contribution in [1.82, 2.24) is 10.2 Å². The highest BCUT2D eigenvalue weighted by molar-refractivity contribution is 5.78. The number of hydrogen-bond donors (Lipinski definition) is 3. The summed E-state index contributed by atoms with van der Waals surface area (Å²) in [5.74, 6) is 4.85. The second kappa shape index (κ2) is 21.2. The van der Waals surface area contributed by atoms with E-state index in [0.29, 0.717) is 49.4 Å². The molecule has 4 rings (SSSR count). The SMILES string of the molecule is COC1CCC2(C)C(=CCC3C2CCC2(C)C(CCCCC(C)C)CCC32)C1.NCCCNCCCCN(CCCN)C(=O)CCC=O. The number of ether oxygens (including phenoxy) is 1. The van der Waals surface area contributed by atoms with Crippen molar-refractivity contribution in [1.29, 1.82) is 0 Å². The average molecular weight is 673 g/mol. The van der Waals surface area contributed by atoms with E-state index < -0.39 is 0 Å². The van der Waals surface area contributed by atoms with Gasteiger partial charge in [-0.15, -0.1) is 0 Å². The highest BCUT2D eigenvalue weighted by atomic mass is 16.5. The standard InChI is InChI=1S/C27H46O.C14H30N4O2/c1-19(2)8-6-7-9-20-11-13-24-23-12-10-21-18-22(28-5)14-16-27(21,4)25(23)15-17-26(20,24)3;15-7-4-10-17-9-1-2-11-18(12-5-8-16)14(20)6-3-13-19/h10,19-20,22-25H,6-9,11-18H2,1-5H3;13,17H,1-12,15-16H2. The molecule has 0 bridgehead atoms. The molecule has 4 aliphatic carbocycles. The van der Waals surface area contributed by atoms with Crippen molar-refractivity contribution in [2.45, 2.75) is 149 Å². The zero-order valence-corrected chi connectivity index (χ0v) is 31.9. The van der Waals surface area contributed by atoms with Crippen molar-refractivity contribution >= 4 is 12.2 Å². The van der Waals surface area contributed by atoms with E-state index >= 15 is 0 Å². The minimum Gasteiger partial charge on any atom is -0.381 e. The lowest BCUT2D eigenvalue weighted by Gasteiger charge is -2.58. The predicted octanol–water partition coefficient (Wildman–Crippen LogP) is 7.66. The maximum absolute atomic E-state index is 11.9. The first-order valence-electron chi connectivity index (χ1n) is 20.2. The van der Waals surface area contributed by atoms with Gasteiger partial charge in [0, 0.05) is 33.0 Å². The van der Waals surface area contributed by atoms with Gasteiger partial charge in [0.05, 0.1) is 6.10 Å². The van der Waals surface area contributed by atoms with Crippen LogP contribution in [-0.2, 0) is 14.3 Å². The van der Waals surface area contributed by atoms with Crippen LogP contribution in [0, 0.1) is 40.4 Å². The van der Waals surface area contributed by atoms with Crippen LogP contribution in [0.2, 0.25) is 0 Å². The molecular formula is C41H76N4O3. The molecule has 1 amide bonds. The van der Waals surface area contributed by atoms with Crippen LogP contribution >= 0.6 is 0 Å². The number of fused-ring (bicyclic) bond motifs is 5. The van der Waals surface area contributed by atoms with Gasteiger partial charge < -0.3 is 31.2 Å². The van der Waals surface area contributed by atoms with E-state index in [9.17, 15) is 9.59 Å². The van der Waals surface area contributed by atoms with Crippen molar-refractivity contribution in [2.24, 2.45) is 51.9 Å². The molecule has 48 heavy (non-hydrogen) atoms. The Kier molecular flexibility index (Phi) is 18.1. The number of methoxy groups -OCH3 is 1. The smallest absolute Gasteiger partial charge is 0.222 e. The molecule has 0 radical (unpaired) electrons. The Balaban J connectivity index is 0.000000279. The number of unbranched alkanes of at least 4 members (excludes halogenated alkanes) is 2. The van der Waals surface area contributed by atoms with E-state index in [-0.39, 0.29) is 5.91 Å². The first-order valence-corrected chi connectivity index (χ1v) is 20.2. The Morgan fingerprint density at radius 2 is 1.73 bits per heavy atom. The van der Waals surface area contributed by atoms with E-state index in [1.54, 1.807) is 5.57 Å². The first-order chi connectivity index (χ1) is 23.1. The molecule has 0 aromatic heterocycles. The molecule has 0 heterocycles. The fourth-order valence-electron chi connectivity index (χ4n) is 10.2. The van der Waals surface area contributed by atoms with Gasteiger partial charge in [-0.2, -0.15) is 0 Å². The van der Waals surface area contributed by atoms with Crippen LogP contribution in [0.3, 0.4) is 0 Å². The number of allylic oxidation sites excluding steroid dienone is 1. The van der Waals surface area contributed by atoms with Gasteiger partial charge in [0.25, 0.3) is 0 Å². The van der Waals surface area contributed by atoms with Crippen LogP contribution in [0.25, 0.3) is 0 Å². The van der Waals surface area contributed by atoms with Gasteiger partial charge in [-0.3, -0.25) is 4.79 Å². The summed E-state index contributed by atoms with van der Waals surface area (Å²) in [6, 6.07) is 0. The highest BCUT2D eigenvalue weighted by Gasteiger charge is 2.58. The Bertz CT molecular complexity index is 971. The molecule has 0 aliphatic heterocycles. The molecule has 0 spiro atoms. The number of nitrogens with zero attached hydrogens (tertiary/aromatic N) is 1. The quantitative estimate of drug-likeness (QED) is 0.0696. The molecule has 278 valence electrons. The molecule has 5 N–H and O–H groups in total. The van der Waals surface area contributed by atoms with Crippen LogP contribution in [0.4, 0.5) is 0 Å². The van der Waals surface area contributed by atoms with E-state index in [1.807, 2.05) is 12.0 Å². The Morgan fingerprint density at radius 1 is 0.979 bits per heavy atom. The second-order valence-electron chi connectivity index (χ2n) is 16.7. The predicted molar refractivity (Wildman–Crippen MR) is 201 cm³/mol. The summed E-state index contributed by atoms with van der Waals surface area (Å²) in [6.45, 7) is 14.7. The van der Waals surface area contributed by atoms with Gasteiger partial charge in [0.15, 0.2) is 0 Å². The van der Waals surface area contributed by atoms with Crippen LogP contribution in [0.5, 0.6) is 0 Å². The van der Waals surface area contributed by atoms with Crippen molar-refractivity contribution in [3.8, 4) is 0 Å². The third-order valence-corrected chi connectivity index (χ3v) is 13.2. The zero-order valence-electron chi connectivity index (χ0n) is 31.9. The normalized spacial score (nSPS) is 30.8. The summed E-state index contributed by atoms with van der Waals surface area (Å²) < 4.78 is 5.74. The number of nitrogens with two attached hydrogens (primary N) is 2. The summed E-state index contributed by atoms with van der Waals surface area (Å²) in [5.41, 5.74) is 13.8. The summed E-state index contributed by atoms with van der Waals surface area (Å²) >= 11 is 0. The first kappa shape index (κ1) is 41.1. The van der Waals surface area contributed by atoms with Crippen LogP contribution in [0.15, 0.2) is 11.6 Å². The fraction of sp³-hybridized carbons (Fsp3) is 0.902. The average Bonchev–Trinajstić information content (AvgIpc) is 3.42. The second-order valence-corrected chi connectivity index (χ2v) is 16.7. The molecule has 7 heteroatoms. The van der Waals surface area contributed by atoms with Gasteiger partial charge in [0.1, 0.15) is 6.29 Å². The monoisotopic (exact) mass is 673 g/mol. The Labute approximate surface area is 295 Å². The van der Waals surface area contributed by atoms with E-state index in [0.717, 1.165) is 81.2 Å². The molecule has 0 aromatic carbocycles. The number of nitrogens with one attached hydrogen (secondary N) is 1. The number of hydrogen-bond acceptors (Lipinski definition) is 6. The molecule has 7 atom stereocenters. The maximum Gasteiger partial charge on any atom is 0.222 e. The molecule has 7 unspecified atom stereocenters. The van der Waals surface area contributed by atoms with Crippen LogP contribution in [0.1, 0.15) is 143 Å². The number of amides is 1. The molecule has 3 fully saturated rings. The van der Waals surface area contributed by atoms with E-state index in [2.05, 4.69) is 39.1 Å². The maximum atomic E-state index is 11.9. The largest absolute Gasteiger partial charge is 0.381 e. The van der Waals surface area contributed by atoms with Gasteiger partial charge in [-0.1, -0.05) is 58.6 Å². The van der Waals surface area contributed by atoms with Crippen molar-refractivity contribution < 1.29 is 14.3 Å². The Morgan fingerprint density at radius 3 is 2.44 bits per heavy atom. The van der Waals surface area contributed by atoms with Gasteiger partial charge in [-0.25, -0.2) is 0 Å². The molecule has 7 nitrogen and oxygen atoms in total. The number of carbonyl (C=O) groups is 2. The lowest BCUT2D eigenvalue weighted by atomic mass is 9.47. The van der Waals surface area contributed by atoms with E-state index in [1.165, 1.54) is 77.0 Å². The lowest BCUT2D eigenvalue weighted by Crippen LogP contribution is -2.50. The third kappa shape index (κ3) is 11.4. The van der Waals surface area contributed by atoms with Crippen molar-refractivity contribution in [3.63, 3.8) is 0 Å². The van der Waals surface area contributed by atoms with Crippen LogP contribution in [-0.4, -0.2) is 69.6 Å². The number of aldehydes is 1. The zero-order chi connectivity index (χ0) is 35.0. The van der Waals surface area contributed by atoms with Crippen molar-refractivity contribution in [3.05, 3.63) is 11.6 Å².